The lowest BCUT2D eigenvalue weighted by molar-refractivity contribution is 0.0519. The summed E-state index contributed by atoms with van der Waals surface area (Å²) in [7, 11) is 0. The van der Waals surface area contributed by atoms with Gasteiger partial charge in [-0.3, -0.25) is 0 Å². The summed E-state index contributed by atoms with van der Waals surface area (Å²) in [6, 6.07) is 8.28. The molecular weight excluding hydrogens is 355 g/mol. The van der Waals surface area contributed by atoms with Crippen LogP contribution in [0.2, 0.25) is 0 Å². The molecule has 2 aromatic rings. The molecule has 19 heavy (non-hydrogen) atoms. The molecule has 0 spiro atoms. The van der Waals surface area contributed by atoms with Crippen LogP contribution >= 0.6 is 22.6 Å². The van der Waals surface area contributed by atoms with Gasteiger partial charge in [0.25, 0.3) is 0 Å². The lowest BCUT2D eigenvalue weighted by Gasteiger charge is -2.06. The maximum Gasteiger partial charge on any atom is 0.358 e. The zero-order valence-electron chi connectivity index (χ0n) is 10.9. The van der Waals surface area contributed by atoms with Crippen molar-refractivity contribution in [1.29, 1.82) is 0 Å². The van der Waals surface area contributed by atoms with Crippen LogP contribution in [0.25, 0.3) is 0 Å². The lowest BCUT2D eigenvalue weighted by Crippen LogP contribution is -2.08. The van der Waals surface area contributed by atoms with Crippen molar-refractivity contribution in [2.45, 2.75) is 20.4 Å². The SMILES string of the molecule is CCOC(=O)c1ncn(Cc2ccc(I)cc2)c1C. The Balaban J connectivity index is 2.18. The van der Waals surface area contributed by atoms with E-state index in [1.54, 1.807) is 13.3 Å². The number of halogens is 1. The monoisotopic (exact) mass is 370 g/mol. The number of imidazole rings is 1. The molecule has 1 aromatic heterocycles. The molecule has 5 heteroatoms. The quantitative estimate of drug-likeness (QED) is 0.614. The Kier molecular flexibility index (Phi) is 4.57. The number of esters is 1. The van der Waals surface area contributed by atoms with Crippen molar-refractivity contribution in [3.63, 3.8) is 0 Å². The molecule has 0 radical (unpaired) electrons. The van der Waals surface area contributed by atoms with Crippen molar-refractivity contribution >= 4 is 28.6 Å². The molecule has 0 fully saturated rings. The molecule has 0 aliphatic rings. The summed E-state index contributed by atoms with van der Waals surface area (Å²) in [4.78, 5) is 15.8. The van der Waals surface area contributed by atoms with Gasteiger partial charge in [-0.1, -0.05) is 12.1 Å². The highest BCUT2D eigenvalue weighted by Gasteiger charge is 2.15. The molecule has 0 aliphatic heterocycles. The van der Waals surface area contributed by atoms with Crippen molar-refractivity contribution in [2.75, 3.05) is 6.61 Å². The molecule has 100 valence electrons. The van der Waals surface area contributed by atoms with E-state index in [0.29, 0.717) is 18.8 Å². The molecule has 4 nitrogen and oxygen atoms in total. The Morgan fingerprint density at radius 3 is 2.68 bits per heavy atom. The Morgan fingerprint density at radius 1 is 1.37 bits per heavy atom. The van der Waals surface area contributed by atoms with Crippen molar-refractivity contribution in [3.05, 3.63) is 51.1 Å². The van der Waals surface area contributed by atoms with E-state index < -0.39 is 0 Å². The van der Waals surface area contributed by atoms with Crippen LogP contribution < -0.4 is 0 Å². The van der Waals surface area contributed by atoms with Gasteiger partial charge < -0.3 is 9.30 Å². The summed E-state index contributed by atoms with van der Waals surface area (Å²) in [5, 5.41) is 0. The van der Waals surface area contributed by atoms with Gasteiger partial charge >= 0.3 is 5.97 Å². The van der Waals surface area contributed by atoms with Crippen molar-refractivity contribution in [3.8, 4) is 0 Å². The number of nitrogens with zero attached hydrogens (tertiary/aromatic N) is 2. The first-order chi connectivity index (χ1) is 9.11. The number of aromatic nitrogens is 2. The van der Waals surface area contributed by atoms with E-state index in [1.165, 1.54) is 9.13 Å². The number of ether oxygens (including phenoxy) is 1. The fourth-order valence-corrected chi connectivity index (χ4v) is 2.15. The third-order valence-corrected chi connectivity index (χ3v) is 3.55. The zero-order valence-corrected chi connectivity index (χ0v) is 13.0. The van der Waals surface area contributed by atoms with Crippen molar-refractivity contribution < 1.29 is 9.53 Å². The molecule has 0 saturated carbocycles. The highest BCUT2D eigenvalue weighted by molar-refractivity contribution is 14.1. The van der Waals surface area contributed by atoms with Crippen LogP contribution in [0.15, 0.2) is 30.6 Å². The normalized spacial score (nSPS) is 10.5. The predicted molar refractivity (Wildman–Crippen MR) is 81.2 cm³/mol. The van der Waals surface area contributed by atoms with Crippen molar-refractivity contribution in [1.82, 2.24) is 9.55 Å². The Bertz CT molecular complexity index is 576. The first-order valence-electron chi connectivity index (χ1n) is 6.05. The highest BCUT2D eigenvalue weighted by atomic mass is 127. The van der Waals surface area contributed by atoms with Crippen LogP contribution in [-0.4, -0.2) is 22.1 Å². The number of carbonyl (C=O) groups excluding carboxylic acids is 1. The number of hydrogen-bond acceptors (Lipinski definition) is 3. The standard InChI is InChI=1S/C14H15IN2O2/c1-3-19-14(18)13-10(2)17(9-16-13)8-11-4-6-12(15)7-5-11/h4-7,9H,3,8H2,1-2H3. The Labute approximate surface area is 125 Å². The molecule has 0 N–H and O–H groups in total. The van der Waals surface area contributed by atoms with Gasteiger partial charge in [0.1, 0.15) is 0 Å². The fourth-order valence-electron chi connectivity index (χ4n) is 1.79. The van der Waals surface area contributed by atoms with Gasteiger partial charge in [-0.25, -0.2) is 9.78 Å². The first kappa shape index (κ1) is 14.0. The second-order valence-corrected chi connectivity index (χ2v) is 5.40. The van der Waals surface area contributed by atoms with Crippen LogP contribution in [0, 0.1) is 10.5 Å². The summed E-state index contributed by atoms with van der Waals surface area (Å²) in [6.07, 6.45) is 1.68. The molecule has 0 bridgehead atoms. The van der Waals surface area contributed by atoms with Crippen LogP contribution in [0.5, 0.6) is 0 Å². The average Bonchev–Trinajstić information content (AvgIpc) is 2.74. The van der Waals surface area contributed by atoms with E-state index in [-0.39, 0.29) is 5.97 Å². The van der Waals surface area contributed by atoms with E-state index in [2.05, 4.69) is 51.8 Å². The Hall–Kier alpha value is -1.37. The molecule has 1 aromatic carbocycles. The van der Waals surface area contributed by atoms with Gasteiger partial charge in [0, 0.05) is 15.8 Å². The Morgan fingerprint density at radius 2 is 2.05 bits per heavy atom. The lowest BCUT2D eigenvalue weighted by atomic mass is 10.2. The van der Waals surface area contributed by atoms with E-state index in [4.69, 9.17) is 4.74 Å². The molecule has 0 atom stereocenters. The van der Waals surface area contributed by atoms with Gasteiger partial charge in [0.05, 0.1) is 12.9 Å². The summed E-state index contributed by atoms with van der Waals surface area (Å²) in [6.45, 7) is 4.74. The molecule has 0 amide bonds. The number of rotatable bonds is 4. The highest BCUT2D eigenvalue weighted by Crippen LogP contribution is 2.12. The van der Waals surface area contributed by atoms with Gasteiger partial charge in [0.2, 0.25) is 0 Å². The van der Waals surface area contributed by atoms with E-state index in [1.807, 2.05) is 11.5 Å². The molecule has 1 heterocycles. The summed E-state index contributed by atoms with van der Waals surface area (Å²) < 4.78 is 8.13. The van der Waals surface area contributed by atoms with Crippen LogP contribution in [0.4, 0.5) is 0 Å². The van der Waals surface area contributed by atoms with E-state index >= 15 is 0 Å². The summed E-state index contributed by atoms with van der Waals surface area (Å²) in [5.74, 6) is -0.360. The van der Waals surface area contributed by atoms with Gasteiger partial charge in [-0.05, 0) is 54.1 Å². The third kappa shape index (κ3) is 3.34. The van der Waals surface area contributed by atoms with Crippen LogP contribution in [-0.2, 0) is 11.3 Å². The summed E-state index contributed by atoms with van der Waals surface area (Å²) >= 11 is 2.28. The molecule has 2 rings (SSSR count). The minimum Gasteiger partial charge on any atom is -0.461 e. The fraction of sp³-hybridized carbons (Fsp3) is 0.286. The second kappa shape index (κ2) is 6.18. The van der Waals surface area contributed by atoms with Gasteiger partial charge in [-0.15, -0.1) is 0 Å². The maximum absolute atomic E-state index is 11.7. The number of carbonyl (C=O) groups is 1. The number of hydrogen-bond donors (Lipinski definition) is 0. The van der Waals surface area contributed by atoms with Gasteiger partial charge in [0.15, 0.2) is 5.69 Å². The van der Waals surface area contributed by atoms with Gasteiger partial charge in [-0.2, -0.15) is 0 Å². The molecular formula is C14H15IN2O2. The minimum absolute atomic E-state index is 0.360. The number of benzene rings is 1. The van der Waals surface area contributed by atoms with Crippen LogP contribution in [0.3, 0.4) is 0 Å². The summed E-state index contributed by atoms with van der Waals surface area (Å²) in [5.41, 5.74) is 2.40. The smallest absolute Gasteiger partial charge is 0.358 e. The maximum atomic E-state index is 11.7. The minimum atomic E-state index is -0.360. The molecule has 0 saturated heterocycles. The molecule has 0 unspecified atom stereocenters. The molecule has 0 aliphatic carbocycles. The largest absolute Gasteiger partial charge is 0.461 e. The second-order valence-electron chi connectivity index (χ2n) is 4.15. The van der Waals surface area contributed by atoms with Crippen LogP contribution in [0.1, 0.15) is 28.7 Å². The third-order valence-electron chi connectivity index (χ3n) is 2.83. The average molecular weight is 370 g/mol. The van der Waals surface area contributed by atoms with E-state index in [0.717, 1.165) is 5.69 Å². The van der Waals surface area contributed by atoms with Crippen molar-refractivity contribution in [2.24, 2.45) is 0 Å². The first-order valence-corrected chi connectivity index (χ1v) is 7.13. The topological polar surface area (TPSA) is 44.1 Å². The zero-order chi connectivity index (χ0) is 13.8. The van der Waals surface area contributed by atoms with E-state index in [9.17, 15) is 4.79 Å². The predicted octanol–water partition coefficient (Wildman–Crippen LogP) is 3.02.